The van der Waals surface area contributed by atoms with Crippen molar-refractivity contribution in [3.63, 3.8) is 0 Å². The van der Waals surface area contributed by atoms with Gasteiger partial charge in [0.1, 0.15) is 0 Å². The minimum atomic E-state index is 0.327. The second kappa shape index (κ2) is 7.26. The molecule has 0 aromatic rings. The van der Waals surface area contributed by atoms with Gasteiger partial charge in [-0.2, -0.15) is 10.5 Å². The molecule has 0 rings (SSSR count). The molecule has 0 spiro atoms. The van der Waals surface area contributed by atoms with E-state index in [9.17, 15) is 0 Å². The molecule has 0 aliphatic rings. The Morgan fingerprint density at radius 1 is 1.08 bits per heavy atom. The predicted molar refractivity (Wildman–Crippen MR) is 48.4 cm³/mol. The second-order valence-corrected chi connectivity index (χ2v) is 1.95. The van der Waals surface area contributed by atoms with Crippen LogP contribution in [0.1, 0.15) is 0 Å². The van der Waals surface area contributed by atoms with Crippen LogP contribution in [0.2, 0.25) is 0 Å². The first-order chi connectivity index (χ1) is 5.81. The van der Waals surface area contributed by atoms with Gasteiger partial charge in [-0.15, -0.1) is 0 Å². The van der Waals surface area contributed by atoms with Crippen molar-refractivity contribution < 1.29 is 0 Å². The SMILES string of the molecule is N#CC=CNC(=S)NC=CC#N. The zero-order valence-corrected chi connectivity index (χ0v) is 6.93. The Balaban J connectivity index is 3.64. The lowest BCUT2D eigenvalue weighted by molar-refractivity contribution is 1.16. The van der Waals surface area contributed by atoms with Crippen molar-refractivity contribution in [2.45, 2.75) is 0 Å². The normalized spacial score (nSPS) is 9.17. The van der Waals surface area contributed by atoms with E-state index >= 15 is 0 Å². The average molecular weight is 178 g/mol. The summed E-state index contributed by atoms with van der Waals surface area (Å²) in [6.07, 6.45) is 5.30. The first-order valence-corrected chi connectivity index (χ1v) is 3.38. The number of hydrogen-bond acceptors (Lipinski definition) is 3. The molecule has 0 fully saturated rings. The van der Waals surface area contributed by atoms with Crippen LogP contribution in [-0.2, 0) is 0 Å². The van der Waals surface area contributed by atoms with Gasteiger partial charge in [0.25, 0.3) is 0 Å². The first-order valence-electron chi connectivity index (χ1n) is 2.97. The zero-order chi connectivity index (χ0) is 9.23. The van der Waals surface area contributed by atoms with E-state index < -0.39 is 0 Å². The van der Waals surface area contributed by atoms with Gasteiger partial charge in [-0.05, 0) is 12.2 Å². The molecule has 2 N–H and O–H groups in total. The summed E-state index contributed by atoms with van der Waals surface area (Å²) < 4.78 is 0. The van der Waals surface area contributed by atoms with Crippen LogP contribution in [0.25, 0.3) is 0 Å². The number of nitrogens with one attached hydrogen (secondary N) is 2. The highest BCUT2D eigenvalue weighted by Gasteiger charge is 1.83. The molecule has 0 radical (unpaired) electrons. The maximum atomic E-state index is 8.10. The molecule has 0 saturated carbocycles. The number of hydrogen-bond donors (Lipinski definition) is 2. The Hall–Kier alpha value is -1.85. The van der Waals surface area contributed by atoms with Gasteiger partial charge in [0, 0.05) is 24.6 Å². The molecular weight excluding hydrogens is 172 g/mol. The Bertz CT molecular complexity index is 251. The first kappa shape index (κ1) is 10.2. The predicted octanol–water partition coefficient (Wildman–Crippen LogP) is 0.525. The van der Waals surface area contributed by atoms with Crippen molar-refractivity contribution >= 4 is 17.3 Å². The molecule has 60 valence electrons. The van der Waals surface area contributed by atoms with Crippen LogP contribution < -0.4 is 10.6 Å². The highest BCUT2D eigenvalue weighted by molar-refractivity contribution is 7.80. The Morgan fingerprint density at radius 3 is 1.83 bits per heavy atom. The summed E-state index contributed by atoms with van der Waals surface area (Å²) in [5.74, 6) is 0. The molecule has 4 nitrogen and oxygen atoms in total. The molecule has 5 heteroatoms. The average Bonchev–Trinajstić information content (AvgIpc) is 2.06. The molecule has 0 aromatic heterocycles. The fourth-order valence-electron chi connectivity index (χ4n) is 0.351. The maximum Gasteiger partial charge on any atom is 0.174 e. The summed E-state index contributed by atoms with van der Waals surface area (Å²) in [5.41, 5.74) is 0. The molecule has 0 aromatic carbocycles. The maximum absolute atomic E-state index is 8.10. The number of thiocarbonyl (C=S) groups is 1. The third kappa shape index (κ3) is 6.27. The topological polar surface area (TPSA) is 71.6 Å². The molecule has 12 heavy (non-hydrogen) atoms. The minimum absolute atomic E-state index is 0.327. The highest BCUT2D eigenvalue weighted by atomic mass is 32.1. The van der Waals surface area contributed by atoms with Gasteiger partial charge < -0.3 is 10.6 Å². The summed E-state index contributed by atoms with van der Waals surface area (Å²) in [7, 11) is 0. The number of nitrogens with zero attached hydrogens (tertiary/aromatic N) is 2. The van der Waals surface area contributed by atoms with Crippen LogP contribution >= 0.6 is 12.2 Å². The van der Waals surface area contributed by atoms with Crippen molar-refractivity contribution in [3.05, 3.63) is 24.6 Å². The zero-order valence-electron chi connectivity index (χ0n) is 6.11. The van der Waals surface area contributed by atoms with Crippen LogP contribution in [0.15, 0.2) is 24.6 Å². The summed E-state index contributed by atoms with van der Waals surface area (Å²) in [4.78, 5) is 0. The second-order valence-electron chi connectivity index (χ2n) is 1.54. The molecule has 0 unspecified atom stereocenters. The van der Waals surface area contributed by atoms with Crippen LogP contribution in [0.5, 0.6) is 0 Å². The van der Waals surface area contributed by atoms with Crippen molar-refractivity contribution in [1.29, 1.82) is 10.5 Å². The van der Waals surface area contributed by atoms with E-state index in [1.54, 1.807) is 12.1 Å². The Kier molecular flexibility index (Phi) is 6.14. The van der Waals surface area contributed by atoms with E-state index in [1.807, 2.05) is 0 Å². The fraction of sp³-hybridized carbons (Fsp3) is 0. The van der Waals surface area contributed by atoms with Crippen molar-refractivity contribution in [1.82, 2.24) is 10.6 Å². The van der Waals surface area contributed by atoms with Gasteiger partial charge >= 0.3 is 0 Å². The van der Waals surface area contributed by atoms with E-state index in [1.165, 1.54) is 24.6 Å². The highest BCUT2D eigenvalue weighted by Crippen LogP contribution is 1.70. The van der Waals surface area contributed by atoms with Crippen LogP contribution in [0, 0.1) is 22.7 Å². The van der Waals surface area contributed by atoms with Gasteiger partial charge in [-0.1, -0.05) is 0 Å². The van der Waals surface area contributed by atoms with Crippen molar-refractivity contribution in [2.24, 2.45) is 0 Å². The van der Waals surface area contributed by atoms with E-state index in [2.05, 4.69) is 10.6 Å². The number of allylic oxidation sites excluding steroid dienone is 2. The monoisotopic (exact) mass is 178 g/mol. The number of rotatable bonds is 2. The van der Waals surface area contributed by atoms with Gasteiger partial charge in [0.05, 0.1) is 12.1 Å². The van der Waals surface area contributed by atoms with Gasteiger partial charge in [0.15, 0.2) is 5.11 Å². The summed E-state index contributed by atoms with van der Waals surface area (Å²) in [6.45, 7) is 0. The van der Waals surface area contributed by atoms with Crippen LogP contribution in [-0.4, -0.2) is 5.11 Å². The molecule has 0 aliphatic heterocycles. The largest absolute Gasteiger partial charge is 0.338 e. The standard InChI is InChI=1S/C7H6N4S/c8-3-1-5-10-7(12)11-6-2-4-9/h1-2,5-6H,(H2,10,11,12). The quantitative estimate of drug-likeness (QED) is 0.476. The molecule has 0 aliphatic carbocycles. The van der Waals surface area contributed by atoms with Crippen molar-refractivity contribution in [2.75, 3.05) is 0 Å². The van der Waals surface area contributed by atoms with E-state index in [4.69, 9.17) is 22.7 Å². The summed E-state index contributed by atoms with van der Waals surface area (Å²) in [5, 5.41) is 21.7. The van der Waals surface area contributed by atoms with E-state index in [-0.39, 0.29) is 0 Å². The Morgan fingerprint density at radius 2 is 1.50 bits per heavy atom. The van der Waals surface area contributed by atoms with E-state index in [0.29, 0.717) is 5.11 Å². The molecule has 0 atom stereocenters. The summed E-state index contributed by atoms with van der Waals surface area (Å²) >= 11 is 4.74. The lowest BCUT2D eigenvalue weighted by Crippen LogP contribution is -2.27. The lowest BCUT2D eigenvalue weighted by atomic mass is 10.6. The van der Waals surface area contributed by atoms with Gasteiger partial charge in [-0.3, -0.25) is 0 Å². The van der Waals surface area contributed by atoms with E-state index in [0.717, 1.165) is 0 Å². The fourth-order valence-corrected chi connectivity index (χ4v) is 0.487. The molecule has 0 heterocycles. The van der Waals surface area contributed by atoms with Gasteiger partial charge in [0.2, 0.25) is 0 Å². The van der Waals surface area contributed by atoms with Gasteiger partial charge in [-0.25, -0.2) is 0 Å². The Labute approximate surface area is 75.8 Å². The molecule has 0 bridgehead atoms. The third-order valence-corrected chi connectivity index (χ3v) is 0.980. The van der Waals surface area contributed by atoms with Crippen LogP contribution in [0.3, 0.4) is 0 Å². The molecule has 0 saturated heterocycles. The third-order valence-electron chi connectivity index (χ3n) is 0.745. The summed E-state index contributed by atoms with van der Waals surface area (Å²) in [6, 6.07) is 3.58. The van der Waals surface area contributed by atoms with Crippen LogP contribution in [0.4, 0.5) is 0 Å². The van der Waals surface area contributed by atoms with Crippen molar-refractivity contribution in [3.8, 4) is 12.1 Å². The number of nitriles is 2. The lowest BCUT2D eigenvalue weighted by Gasteiger charge is -1.99. The molecular formula is C7H6N4S. The smallest absolute Gasteiger partial charge is 0.174 e. The minimum Gasteiger partial charge on any atom is -0.338 e. The molecule has 0 amide bonds.